The molecule has 92 valence electrons. The molecule has 2 atom stereocenters. The summed E-state index contributed by atoms with van der Waals surface area (Å²) in [5.41, 5.74) is 0. The van der Waals surface area contributed by atoms with Crippen molar-refractivity contribution in [2.75, 3.05) is 18.6 Å². The van der Waals surface area contributed by atoms with Gasteiger partial charge in [0.1, 0.15) is 0 Å². The van der Waals surface area contributed by atoms with Crippen molar-refractivity contribution in [3.05, 3.63) is 0 Å². The molecule has 2 unspecified atom stereocenters. The zero-order valence-corrected chi connectivity index (χ0v) is 11.3. The van der Waals surface area contributed by atoms with Crippen LogP contribution in [0.15, 0.2) is 0 Å². The summed E-state index contributed by atoms with van der Waals surface area (Å²) in [4.78, 5) is 0. The molecule has 0 saturated heterocycles. The normalized spacial score (nSPS) is 15.2. The maximum Gasteiger partial charge on any atom is 0.0446 e. The first kappa shape index (κ1) is 15.3. The van der Waals surface area contributed by atoms with Crippen molar-refractivity contribution in [1.29, 1.82) is 0 Å². The second-order valence-electron chi connectivity index (χ2n) is 4.08. The molecule has 0 saturated carbocycles. The van der Waals surface area contributed by atoms with Crippen LogP contribution < -0.4 is 5.32 Å². The third kappa shape index (κ3) is 8.12. The molecular formula is C12H27NOS. The van der Waals surface area contributed by atoms with Crippen molar-refractivity contribution >= 4 is 11.8 Å². The van der Waals surface area contributed by atoms with Crippen molar-refractivity contribution in [2.24, 2.45) is 0 Å². The first-order chi connectivity index (χ1) is 7.28. The lowest BCUT2D eigenvalue weighted by molar-refractivity contribution is 0.261. The lowest BCUT2D eigenvalue weighted by atomic mass is 10.1. The third-order valence-electron chi connectivity index (χ3n) is 2.72. The SMILES string of the molecule is CCCCC(CC)NC(CCO)CSC. The molecule has 0 radical (unpaired) electrons. The molecular weight excluding hydrogens is 206 g/mol. The third-order valence-corrected chi connectivity index (χ3v) is 3.45. The average Bonchev–Trinajstić information content (AvgIpc) is 2.24. The second kappa shape index (κ2) is 10.8. The fourth-order valence-electron chi connectivity index (χ4n) is 1.76. The van der Waals surface area contributed by atoms with Crippen molar-refractivity contribution in [2.45, 2.75) is 58.0 Å². The Bertz CT molecular complexity index is 127. The van der Waals surface area contributed by atoms with Crippen LogP contribution in [0.5, 0.6) is 0 Å². The van der Waals surface area contributed by atoms with Crippen molar-refractivity contribution in [1.82, 2.24) is 5.32 Å². The Morgan fingerprint density at radius 2 is 1.93 bits per heavy atom. The first-order valence-corrected chi connectivity index (χ1v) is 7.53. The highest BCUT2D eigenvalue weighted by molar-refractivity contribution is 7.98. The number of unbranched alkanes of at least 4 members (excludes halogenated alkanes) is 1. The largest absolute Gasteiger partial charge is 0.396 e. The quantitative estimate of drug-likeness (QED) is 0.608. The lowest BCUT2D eigenvalue weighted by Gasteiger charge is -2.24. The Morgan fingerprint density at radius 3 is 2.40 bits per heavy atom. The molecule has 0 rings (SSSR count). The molecule has 0 heterocycles. The molecule has 15 heavy (non-hydrogen) atoms. The summed E-state index contributed by atoms with van der Waals surface area (Å²) in [5, 5.41) is 12.6. The number of aliphatic hydroxyl groups excluding tert-OH is 1. The summed E-state index contributed by atoms with van der Waals surface area (Å²) < 4.78 is 0. The maximum absolute atomic E-state index is 8.98. The van der Waals surface area contributed by atoms with E-state index in [9.17, 15) is 0 Å². The molecule has 2 nitrogen and oxygen atoms in total. The number of thioether (sulfide) groups is 1. The maximum atomic E-state index is 8.98. The molecule has 3 heteroatoms. The van der Waals surface area contributed by atoms with E-state index in [1.54, 1.807) is 0 Å². The molecule has 0 fully saturated rings. The van der Waals surface area contributed by atoms with Gasteiger partial charge in [-0.2, -0.15) is 11.8 Å². The van der Waals surface area contributed by atoms with Crippen LogP contribution in [0.25, 0.3) is 0 Å². The molecule has 0 aromatic carbocycles. The van der Waals surface area contributed by atoms with Gasteiger partial charge in [0.25, 0.3) is 0 Å². The Labute approximate surface area is 99.2 Å². The minimum absolute atomic E-state index is 0.294. The van der Waals surface area contributed by atoms with E-state index in [4.69, 9.17) is 5.11 Å². The molecule has 0 aromatic heterocycles. The zero-order valence-electron chi connectivity index (χ0n) is 10.5. The molecule has 0 amide bonds. The van der Waals surface area contributed by atoms with E-state index in [-0.39, 0.29) is 0 Å². The molecule has 0 aliphatic rings. The van der Waals surface area contributed by atoms with Gasteiger partial charge in [-0.15, -0.1) is 0 Å². The van der Waals surface area contributed by atoms with Crippen LogP contribution >= 0.6 is 11.8 Å². The van der Waals surface area contributed by atoms with Gasteiger partial charge in [0.15, 0.2) is 0 Å². The first-order valence-electron chi connectivity index (χ1n) is 6.14. The number of rotatable bonds is 10. The van der Waals surface area contributed by atoms with E-state index in [1.165, 1.54) is 25.7 Å². The van der Waals surface area contributed by atoms with Gasteiger partial charge in [0.2, 0.25) is 0 Å². The monoisotopic (exact) mass is 233 g/mol. The Balaban J connectivity index is 3.85. The fourth-order valence-corrected chi connectivity index (χ4v) is 2.43. The van der Waals surface area contributed by atoms with Crippen LogP contribution in [0.4, 0.5) is 0 Å². The zero-order chi connectivity index (χ0) is 11.5. The molecule has 0 aliphatic heterocycles. The summed E-state index contributed by atoms with van der Waals surface area (Å²) in [6.07, 6.45) is 8.03. The summed E-state index contributed by atoms with van der Waals surface area (Å²) in [6.45, 7) is 4.77. The van der Waals surface area contributed by atoms with Crippen LogP contribution in [-0.2, 0) is 0 Å². The molecule has 0 spiro atoms. The topological polar surface area (TPSA) is 32.3 Å². The molecule has 0 aliphatic carbocycles. The number of nitrogens with one attached hydrogen (secondary N) is 1. The van der Waals surface area contributed by atoms with E-state index in [2.05, 4.69) is 25.4 Å². The van der Waals surface area contributed by atoms with E-state index in [0.717, 1.165) is 12.2 Å². The number of aliphatic hydroxyl groups is 1. The van der Waals surface area contributed by atoms with Gasteiger partial charge >= 0.3 is 0 Å². The minimum Gasteiger partial charge on any atom is -0.396 e. The number of hydrogen-bond acceptors (Lipinski definition) is 3. The van der Waals surface area contributed by atoms with E-state index >= 15 is 0 Å². The van der Waals surface area contributed by atoms with Crippen molar-refractivity contribution in [3.8, 4) is 0 Å². The average molecular weight is 233 g/mol. The van der Waals surface area contributed by atoms with Crippen LogP contribution in [0, 0.1) is 0 Å². The van der Waals surface area contributed by atoms with E-state index < -0.39 is 0 Å². The van der Waals surface area contributed by atoms with Gasteiger partial charge in [0, 0.05) is 24.4 Å². The van der Waals surface area contributed by atoms with Crippen molar-refractivity contribution in [3.63, 3.8) is 0 Å². The smallest absolute Gasteiger partial charge is 0.0446 e. The van der Waals surface area contributed by atoms with Gasteiger partial charge in [-0.25, -0.2) is 0 Å². The standard InChI is InChI=1S/C12H27NOS/c1-4-6-7-11(5-2)13-12(8-9-14)10-15-3/h11-14H,4-10H2,1-3H3. The highest BCUT2D eigenvalue weighted by Crippen LogP contribution is 2.08. The predicted octanol–water partition coefficient (Wildman–Crippen LogP) is 2.66. The molecule has 0 bridgehead atoms. The summed E-state index contributed by atoms with van der Waals surface area (Å²) in [5.74, 6) is 1.10. The minimum atomic E-state index is 0.294. The predicted molar refractivity (Wildman–Crippen MR) is 70.6 cm³/mol. The Morgan fingerprint density at radius 1 is 1.20 bits per heavy atom. The fraction of sp³-hybridized carbons (Fsp3) is 1.00. The van der Waals surface area contributed by atoms with Gasteiger partial charge in [-0.3, -0.25) is 0 Å². The van der Waals surface area contributed by atoms with Gasteiger partial charge in [0.05, 0.1) is 0 Å². The van der Waals surface area contributed by atoms with Crippen LogP contribution in [0.3, 0.4) is 0 Å². The highest BCUT2D eigenvalue weighted by atomic mass is 32.2. The van der Waals surface area contributed by atoms with Crippen LogP contribution in [-0.4, -0.2) is 35.8 Å². The lowest BCUT2D eigenvalue weighted by Crippen LogP contribution is -2.40. The summed E-state index contributed by atoms with van der Waals surface area (Å²) in [6, 6.07) is 1.11. The summed E-state index contributed by atoms with van der Waals surface area (Å²) >= 11 is 1.85. The number of hydrogen-bond donors (Lipinski definition) is 2. The second-order valence-corrected chi connectivity index (χ2v) is 4.99. The highest BCUT2D eigenvalue weighted by Gasteiger charge is 2.12. The van der Waals surface area contributed by atoms with Gasteiger partial charge in [-0.1, -0.05) is 26.7 Å². The van der Waals surface area contributed by atoms with Gasteiger partial charge < -0.3 is 10.4 Å². The van der Waals surface area contributed by atoms with Crippen LogP contribution in [0.1, 0.15) is 46.0 Å². The Hall–Kier alpha value is 0.270. The Kier molecular flexibility index (Phi) is 11.0. The molecule has 0 aromatic rings. The van der Waals surface area contributed by atoms with E-state index in [1.807, 2.05) is 11.8 Å². The van der Waals surface area contributed by atoms with Crippen LogP contribution in [0.2, 0.25) is 0 Å². The van der Waals surface area contributed by atoms with E-state index in [0.29, 0.717) is 18.7 Å². The van der Waals surface area contributed by atoms with Crippen molar-refractivity contribution < 1.29 is 5.11 Å². The molecule has 2 N–H and O–H groups in total. The summed E-state index contributed by atoms with van der Waals surface area (Å²) in [7, 11) is 0. The van der Waals surface area contributed by atoms with Gasteiger partial charge in [-0.05, 0) is 25.5 Å².